The van der Waals surface area contributed by atoms with E-state index in [-0.39, 0.29) is 38.8 Å². The molecule has 0 bridgehead atoms. The number of allylic oxidation sites excluding steroid dienone is 1. The number of piperazine rings is 1. The minimum atomic E-state index is -3.92. The third kappa shape index (κ3) is 8.40. The van der Waals surface area contributed by atoms with Crippen LogP contribution in [0.1, 0.15) is 69.8 Å². The van der Waals surface area contributed by atoms with Crippen molar-refractivity contribution in [3.63, 3.8) is 0 Å². The minimum Gasteiger partial charge on any atom is -0.446 e. The zero-order chi connectivity index (χ0) is 37.9. The zero-order valence-corrected chi connectivity index (χ0v) is 30.9. The van der Waals surface area contributed by atoms with Crippen LogP contribution in [0.3, 0.4) is 0 Å². The van der Waals surface area contributed by atoms with Crippen molar-refractivity contribution in [3.8, 4) is 0 Å². The summed E-state index contributed by atoms with van der Waals surface area (Å²) < 4.78 is 39.2. The van der Waals surface area contributed by atoms with Gasteiger partial charge in [-0.25, -0.2) is 18.0 Å². The number of carbonyl (C=O) groups is 5. The van der Waals surface area contributed by atoms with Crippen LogP contribution < -0.4 is 15.4 Å². The molecular weight excluding hydrogens is 715 g/mol. The van der Waals surface area contributed by atoms with Gasteiger partial charge in [-0.3, -0.25) is 19.1 Å². The molecule has 288 valence electrons. The van der Waals surface area contributed by atoms with Crippen LogP contribution in [0.2, 0.25) is 0 Å². The summed E-state index contributed by atoms with van der Waals surface area (Å²) in [4.78, 5) is 71.7. The lowest BCUT2D eigenvalue weighted by Gasteiger charge is -2.41. The van der Waals surface area contributed by atoms with E-state index in [1.165, 1.54) is 9.80 Å². The summed E-state index contributed by atoms with van der Waals surface area (Å²) in [5.41, 5.74) is -0.753. The number of nitrogens with zero attached hydrogens (tertiary/aromatic N) is 2. The molecule has 4 atom stereocenters. The maximum atomic E-state index is 14.4. The third-order valence-corrected chi connectivity index (χ3v) is 12.8. The van der Waals surface area contributed by atoms with Gasteiger partial charge in [-0.2, -0.15) is 0 Å². The smallest absolute Gasteiger partial charge is 0.410 e. The molecule has 2 heterocycles. The highest BCUT2D eigenvalue weighted by Gasteiger charge is 2.62. The van der Waals surface area contributed by atoms with Gasteiger partial charge in [-0.1, -0.05) is 79.6 Å². The fraction of sp³-hybridized carbons (Fsp3) is 0.513. The Hall–Kier alpha value is -4.92. The molecule has 1 saturated heterocycles. The van der Waals surface area contributed by atoms with Crippen LogP contribution in [0.5, 0.6) is 0 Å². The number of amides is 5. The van der Waals surface area contributed by atoms with Crippen molar-refractivity contribution in [2.24, 2.45) is 5.92 Å². The molecule has 0 radical (unpaired) electrons. The molecule has 1 unspecified atom stereocenters. The lowest BCUT2D eigenvalue weighted by molar-refractivity contribution is -0.146. The summed E-state index contributed by atoms with van der Waals surface area (Å²) >= 11 is 0. The van der Waals surface area contributed by atoms with E-state index in [9.17, 15) is 32.4 Å². The first-order valence-corrected chi connectivity index (χ1v) is 20.4. The van der Waals surface area contributed by atoms with E-state index in [1.54, 1.807) is 0 Å². The van der Waals surface area contributed by atoms with Crippen LogP contribution in [0.25, 0.3) is 10.8 Å². The van der Waals surface area contributed by atoms with Gasteiger partial charge < -0.3 is 29.9 Å². The van der Waals surface area contributed by atoms with Gasteiger partial charge in [0.1, 0.15) is 30.3 Å². The third-order valence-electron chi connectivity index (χ3n) is 11.0. The summed E-state index contributed by atoms with van der Waals surface area (Å²) in [5, 5.41) is 6.85. The van der Waals surface area contributed by atoms with Crippen molar-refractivity contribution in [2.45, 2.75) is 99.8 Å². The Kier molecular flexibility index (Phi) is 11.0. The molecular formula is C39H47N5O9S. The first-order chi connectivity index (χ1) is 26.0. The number of carbonyl (C=O) groups excluding carboxylic acids is 5. The van der Waals surface area contributed by atoms with Crippen molar-refractivity contribution in [1.29, 1.82) is 0 Å². The van der Waals surface area contributed by atoms with Gasteiger partial charge in [-0.15, -0.1) is 0 Å². The molecule has 3 aliphatic carbocycles. The number of ether oxygens (including phenoxy) is 2. The van der Waals surface area contributed by atoms with E-state index in [0.29, 0.717) is 44.9 Å². The van der Waals surface area contributed by atoms with Gasteiger partial charge >= 0.3 is 12.2 Å². The number of sulfonamides is 1. The second-order valence-corrected chi connectivity index (χ2v) is 16.8. The van der Waals surface area contributed by atoms with Crippen molar-refractivity contribution >= 4 is 50.7 Å². The van der Waals surface area contributed by atoms with Crippen molar-refractivity contribution in [3.05, 3.63) is 72.3 Å². The van der Waals surface area contributed by atoms with Crippen LogP contribution in [-0.4, -0.2) is 96.7 Å². The Morgan fingerprint density at radius 2 is 1.70 bits per heavy atom. The first kappa shape index (κ1) is 37.4. The average Bonchev–Trinajstić information content (AvgIpc) is 4.08. The number of benzene rings is 2. The predicted molar refractivity (Wildman–Crippen MR) is 198 cm³/mol. The van der Waals surface area contributed by atoms with Crippen LogP contribution in [0, 0.1) is 5.92 Å². The molecule has 5 amide bonds. The monoisotopic (exact) mass is 761 g/mol. The van der Waals surface area contributed by atoms with Gasteiger partial charge in [0, 0.05) is 31.8 Å². The SMILES string of the molecule is O=C(N[C@H]1CCCCC/C=C/C2C[C@]2(C(=O)NS(=O)(=O)C2CC2)NC(=O)[C@@H]2CN(C(=O)OCc3cccc4ccccc34)CCN2C1=O)OC1CC=CC1. The molecule has 54 heavy (non-hydrogen) atoms. The number of nitrogens with one attached hydrogen (secondary N) is 3. The van der Waals surface area contributed by atoms with E-state index in [2.05, 4.69) is 15.4 Å². The first-order valence-electron chi connectivity index (χ1n) is 18.9. The maximum absolute atomic E-state index is 14.4. The summed E-state index contributed by atoms with van der Waals surface area (Å²) in [5.74, 6) is -2.54. The number of hydrogen-bond acceptors (Lipinski definition) is 9. The van der Waals surface area contributed by atoms with Crippen molar-refractivity contribution in [2.75, 3.05) is 19.6 Å². The number of alkyl carbamates (subject to hydrolysis) is 1. The summed E-state index contributed by atoms with van der Waals surface area (Å²) in [6, 6.07) is 11.2. The highest BCUT2D eigenvalue weighted by Crippen LogP contribution is 2.46. The minimum absolute atomic E-state index is 0.0203. The predicted octanol–water partition coefficient (Wildman–Crippen LogP) is 3.81. The number of rotatable bonds is 7. The molecule has 5 aliphatic rings. The highest BCUT2D eigenvalue weighted by atomic mass is 32.2. The topological polar surface area (TPSA) is 181 Å². The lowest BCUT2D eigenvalue weighted by Crippen LogP contribution is -2.66. The molecule has 3 fully saturated rings. The Labute approximate surface area is 314 Å². The second-order valence-electron chi connectivity index (χ2n) is 14.9. The molecule has 2 aliphatic heterocycles. The Morgan fingerprint density at radius 3 is 2.50 bits per heavy atom. The van der Waals surface area contributed by atoms with Gasteiger partial charge in [0.15, 0.2) is 0 Å². The van der Waals surface area contributed by atoms with Crippen LogP contribution >= 0.6 is 0 Å². The average molecular weight is 762 g/mol. The van der Waals surface area contributed by atoms with Crippen LogP contribution in [-0.2, 0) is 40.5 Å². The van der Waals surface area contributed by atoms with E-state index in [0.717, 1.165) is 29.2 Å². The lowest BCUT2D eigenvalue weighted by atomic mass is 10.0. The maximum Gasteiger partial charge on any atom is 0.410 e. The molecule has 2 saturated carbocycles. The number of fused-ring (bicyclic) bond motifs is 3. The van der Waals surface area contributed by atoms with Gasteiger partial charge in [0.2, 0.25) is 21.8 Å². The zero-order valence-electron chi connectivity index (χ0n) is 30.1. The molecule has 3 N–H and O–H groups in total. The summed E-state index contributed by atoms with van der Waals surface area (Å²) in [6.45, 7) is -0.285. The standard InChI is InChI=1S/C39H47N5O9S/c45-34-33-24-43(38(49)52-25-27-13-10-12-26-11-6-9-17-31(26)27)21-22-44(33)35(46)32(40-37(48)53-29-15-7-8-16-29)18-5-3-1-2-4-14-28-23-39(28,41-34)36(47)42-54(50,51)30-19-20-30/h4,6-14,17,28-30,32-33H,1-3,5,15-16,18-25H2,(H,40,48)(H,41,45)(H,42,47)/b14-4+/t28?,32-,33-,39-/m0/s1. The Balaban J connectivity index is 1.13. The molecule has 7 rings (SSSR count). The van der Waals surface area contributed by atoms with E-state index >= 15 is 0 Å². The molecule has 14 nitrogen and oxygen atoms in total. The second kappa shape index (κ2) is 15.8. The Morgan fingerprint density at radius 1 is 0.926 bits per heavy atom. The molecule has 15 heteroatoms. The summed E-state index contributed by atoms with van der Waals surface area (Å²) in [7, 11) is -3.92. The molecule has 2 aromatic carbocycles. The van der Waals surface area contributed by atoms with E-state index < -0.39 is 68.7 Å². The molecule has 2 aromatic rings. The quantitative estimate of drug-likeness (QED) is 0.354. The Bertz CT molecular complexity index is 1950. The highest BCUT2D eigenvalue weighted by molar-refractivity contribution is 7.91. The van der Waals surface area contributed by atoms with Crippen molar-refractivity contribution in [1.82, 2.24) is 25.2 Å². The van der Waals surface area contributed by atoms with Crippen LogP contribution in [0.4, 0.5) is 9.59 Å². The normalized spacial score (nSPS) is 27.1. The van der Waals surface area contributed by atoms with Gasteiger partial charge in [-0.05, 0) is 54.9 Å². The number of hydrogen-bond donors (Lipinski definition) is 3. The fourth-order valence-corrected chi connectivity index (χ4v) is 8.94. The van der Waals surface area contributed by atoms with Crippen molar-refractivity contribution < 1.29 is 41.9 Å². The molecule has 0 aromatic heterocycles. The largest absolute Gasteiger partial charge is 0.446 e. The fourth-order valence-electron chi connectivity index (χ4n) is 7.57. The summed E-state index contributed by atoms with van der Waals surface area (Å²) in [6.07, 6.45) is 11.3. The van der Waals surface area contributed by atoms with Gasteiger partial charge in [0.25, 0.3) is 5.91 Å². The van der Waals surface area contributed by atoms with E-state index in [4.69, 9.17) is 9.47 Å². The van der Waals surface area contributed by atoms with E-state index in [1.807, 2.05) is 66.8 Å². The molecule has 0 spiro atoms. The van der Waals surface area contributed by atoms with Crippen LogP contribution in [0.15, 0.2) is 66.8 Å². The van der Waals surface area contributed by atoms with Gasteiger partial charge in [0.05, 0.1) is 11.8 Å².